The van der Waals surface area contributed by atoms with Crippen LogP contribution < -0.4 is 0 Å². The summed E-state index contributed by atoms with van der Waals surface area (Å²) in [5.74, 6) is 1.33. The summed E-state index contributed by atoms with van der Waals surface area (Å²) in [6, 6.07) is 22.4. The molecule has 2 heterocycles. The number of hydrogen-bond donors (Lipinski definition) is 0. The van der Waals surface area contributed by atoms with E-state index >= 15 is 0 Å². The summed E-state index contributed by atoms with van der Waals surface area (Å²) in [5.41, 5.74) is 5.34. The van der Waals surface area contributed by atoms with Crippen LogP contribution in [-0.2, 0) is 5.75 Å². The van der Waals surface area contributed by atoms with Crippen LogP contribution in [0.1, 0.15) is 22.6 Å². The minimum atomic E-state index is 0.539. The maximum absolute atomic E-state index is 9.51. The molecule has 6 heteroatoms. The molecule has 0 atom stereocenters. The standard InChI is InChI=1S/C23H19N5S/c1-16-21(13-24)23(26-17(2)25-16)29-15-19-14-28(20-11-7-4-8-12-20)27-22(19)18-9-5-3-6-10-18/h3-12,14H,15H2,1-2H3. The van der Waals surface area contributed by atoms with Gasteiger partial charge in [0.1, 0.15) is 22.5 Å². The van der Waals surface area contributed by atoms with E-state index in [4.69, 9.17) is 5.10 Å². The first-order valence-corrected chi connectivity index (χ1v) is 10.2. The van der Waals surface area contributed by atoms with Crippen molar-refractivity contribution in [2.75, 3.05) is 0 Å². The lowest BCUT2D eigenvalue weighted by atomic mass is 10.1. The van der Waals surface area contributed by atoms with E-state index in [-0.39, 0.29) is 0 Å². The van der Waals surface area contributed by atoms with Gasteiger partial charge in [-0.15, -0.1) is 11.8 Å². The zero-order chi connectivity index (χ0) is 20.2. The van der Waals surface area contributed by atoms with Crippen molar-refractivity contribution in [1.29, 1.82) is 5.26 Å². The Morgan fingerprint density at radius 2 is 1.66 bits per heavy atom. The highest BCUT2D eigenvalue weighted by molar-refractivity contribution is 7.98. The molecule has 0 bridgehead atoms. The number of para-hydroxylation sites is 1. The van der Waals surface area contributed by atoms with E-state index < -0.39 is 0 Å². The first-order valence-electron chi connectivity index (χ1n) is 9.23. The number of rotatable bonds is 5. The van der Waals surface area contributed by atoms with Gasteiger partial charge < -0.3 is 0 Å². The third-order valence-corrected chi connectivity index (χ3v) is 5.53. The molecule has 0 fully saturated rings. The van der Waals surface area contributed by atoms with Gasteiger partial charge in [-0.25, -0.2) is 14.6 Å². The van der Waals surface area contributed by atoms with Gasteiger partial charge in [-0.2, -0.15) is 10.4 Å². The minimum Gasteiger partial charge on any atom is -0.240 e. The van der Waals surface area contributed by atoms with Crippen LogP contribution >= 0.6 is 11.8 Å². The monoisotopic (exact) mass is 397 g/mol. The Balaban J connectivity index is 1.72. The zero-order valence-corrected chi connectivity index (χ0v) is 17.0. The van der Waals surface area contributed by atoms with E-state index in [0.29, 0.717) is 27.9 Å². The van der Waals surface area contributed by atoms with Gasteiger partial charge in [-0.1, -0.05) is 48.5 Å². The molecular weight excluding hydrogens is 378 g/mol. The summed E-state index contributed by atoms with van der Waals surface area (Å²) in [7, 11) is 0. The topological polar surface area (TPSA) is 67.4 Å². The molecule has 0 spiro atoms. The van der Waals surface area contributed by atoms with Gasteiger partial charge in [0.05, 0.1) is 17.1 Å². The first-order chi connectivity index (χ1) is 14.2. The summed E-state index contributed by atoms with van der Waals surface area (Å²) in [5, 5.41) is 15.1. The Hall–Kier alpha value is -3.43. The fraction of sp³-hybridized carbons (Fsp3) is 0.130. The number of hydrogen-bond acceptors (Lipinski definition) is 5. The summed E-state index contributed by atoms with van der Waals surface area (Å²) in [4.78, 5) is 8.79. The molecule has 142 valence electrons. The second kappa shape index (κ2) is 8.29. The van der Waals surface area contributed by atoms with E-state index in [1.165, 1.54) is 0 Å². The van der Waals surface area contributed by atoms with E-state index in [1.807, 2.05) is 67.1 Å². The molecule has 0 saturated heterocycles. The van der Waals surface area contributed by atoms with Crippen LogP contribution in [0.4, 0.5) is 0 Å². The molecule has 2 aromatic heterocycles. The quantitative estimate of drug-likeness (QED) is 0.346. The lowest BCUT2D eigenvalue weighted by Crippen LogP contribution is -1.99. The van der Waals surface area contributed by atoms with Gasteiger partial charge >= 0.3 is 0 Å². The van der Waals surface area contributed by atoms with Gasteiger partial charge in [0.25, 0.3) is 0 Å². The summed E-state index contributed by atoms with van der Waals surface area (Å²) in [6.07, 6.45) is 2.05. The Morgan fingerprint density at radius 1 is 0.966 bits per heavy atom. The highest BCUT2D eigenvalue weighted by Crippen LogP contribution is 2.31. The minimum absolute atomic E-state index is 0.539. The van der Waals surface area contributed by atoms with Crippen LogP contribution in [0.2, 0.25) is 0 Å². The van der Waals surface area contributed by atoms with Crippen LogP contribution in [0.25, 0.3) is 16.9 Å². The van der Waals surface area contributed by atoms with Crippen molar-refractivity contribution in [2.45, 2.75) is 24.6 Å². The van der Waals surface area contributed by atoms with Crippen molar-refractivity contribution >= 4 is 11.8 Å². The second-order valence-electron chi connectivity index (χ2n) is 6.59. The molecular formula is C23H19N5S. The number of benzene rings is 2. The number of nitrogens with zero attached hydrogens (tertiary/aromatic N) is 5. The second-order valence-corrected chi connectivity index (χ2v) is 7.55. The lowest BCUT2D eigenvalue weighted by molar-refractivity contribution is 0.884. The van der Waals surface area contributed by atoms with Crippen LogP contribution in [-0.4, -0.2) is 19.7 Å². The molecule has 4 rings (SSSR count). The highest BCUT2D eigenvalue weighted by Gasteiger charge is 2.15. The van der Waals surface area contributed by atoms with Crippen molar-refractivity contribution in [3.63, 3.8) is 0 Å². The van der Waals surface area contributed by atoms with Gasteiger partial charge in [-0.05, 0) is 26.0 Å². The molecule has 4 aromatic rings. The smallest absolute Gasteiger partial charge is 0.126 e. The van der Waals surface area contributed by atoms with Crippen molar-refractivity contribution < 1.29 is 0 Å². The first kappa shape index (κ1) is 18.9. The third-order valence-electron chi connectivity index (χ3n) is 4.50. The molecule has 0 amide bonds. The van der Waals surface area contributed by atoms with E-state index in [1.54, 1.807) is 11.8 Å². The summed E-state index contributed by atoms with van der Waals surface area (Å²) < 4.78 is 1.90. The average molecular weight is 398 g/mol. The summed E-state index contributed by atoms with van der Waals surface area (Å²) in [6.45, 7) is 3.70. The number of aromatic nitrogens is 4. The third kappa shape index (κ3) is 4.05. The molecule has 0 radical (unpaired) electrons. The van der Waals surface area contributed by atoms with Crippen LogP contribution in [0.5, 0.6) is 0 Å². The SMILES string of the molecule is Cc1nc(C)c(C#N)c(SCc2cn(-c3ccccc3)nc2-c2ccccc2)n1. The van der Waals surface area contributed by atoms with Crippen LogP contribution in [0, 0.1) is 25.2 Å². The molecule has 0 saturated carbocycles. The fourth-order valence-corrected chi connectivity index (χ4v) is 4.17. The van der Waals surface area contributed by atoms with Crippen molar-refractivity contribution in [2.24, 2.45) is 0 Å². The molecule has 5 nitrogen and oxygen atoms in total. The Morgan fingerprint density at radius 3 is 2.34 bits per heavy atom. The molecule has 0 aliphatic carbocycles. The largest absolute Gasteiger partial charge is 0.240 e. The highest BCUT2D eigenvalue weighted by atomic mass is 32.2. The Kier molecular flexibility index (Phi) is 5.41. The predicted octanol–water partition coefficient (Wildman–Crippen LogP) is 5.11. The van der Waals surface area contributed by atoms with Crippen LogP contribution in [0.3, 0.4) is 0 Å². The number of nitriles is 1. The number of thioether (sulfide) groups is 1. The number of aryl methyl sites for hydroxylation is 2. The molecule has 0 unspecified atom stereocenters. The van der Waals surface area contributed by atoms with Crippen molar-refractivity contribution in [3.05, 3.63) is 89.5 Å². The average Bonchev–Trinajstić information content (AvgIpc) is 3.17. The van der Waals surface area contributed by atoms with Gasteiger partial charge in [0.2, 0.25) is 0 Å². The van der Waals surface area contributed by atoms with E-state index in [2.05, 4.69) is 34.4 Å². The Bertz CT molecular complexity index is 1180. The van der Waals surface area contributed by atoms with Gasteiger partial charge in [0.15, 0.2) is 0 Å². The van der Waals surface area contributed by atoms with Gasteiger partial charge in [0, 0.05) is 23.1 Å². The lowest BCUT2D eigenvalue weighted by Gasteiger charge is -2.07. The molecule has 0 aliphatic rings. The maximum atomic E-state index is 9.51. The van der Waals surface area contributed by atoms with Crippen LogP contribution in [0.15, 0.2) is 71.9 Å². The predicted molar refractivity (Wildman–Crippen MR) is 115 cm³/mol. The molecule has 29 heavy (non-hydrogen) atoms. The van der Waals surface area contributed by atoms with E-state index in [9.17, 15) is 5.26 Å². The Labute approximate surface area is 174 Å². The van der Waals surface area contributed by atoms with Crippen molar-refractivity contribution in [1.82, 2.24) is 19.7 Å². The van der Waals surface area contributed by atoms with E-state index in [0.717, 1.165) is 22.5 Å². The maximum Gasteiger partial charge on any atom is 0.126 e. The fourth-order valence-electron chi connectivity index (χ4n) is 3.13. The molecule has 0 aliphatic heterocycles. The van der Waals surface area contributed by atoms with Gasteiger partial charge in [-0.3, -0.25) is 0 Å². The molecule has 2 aromatic carbocycles. The zero-order valence-electron chi connectivity index (χ0n) is 16.2. The molecule has 0 N–H and O–H groups in total. The normalized spacial score (nSPS) is 10.7. The summed E-state index contributed by atoms with van der Waals surface area (Å²) >= 11 is 1.54. The van der Waals surface area contributed by atoms with Crippen molar-refractivity contribution in [3.8, 4) is 23.0 Å².